The standard InChI is InChI=1S/C15H13N5O/c16-12-8-19-14(7-11(12)15(17)21)20-10-3-4-13-9(6-10)2-1-5-18-13/h1-8H,16H2,(H2,17,21)(H,19,20). The molecule has 3 aromatic rings. The van der Waals surface area contributed by atoms with Gasteiger partial charge in [-0.2, -0.15) is 0 Å². The van der Waals surface area contributed by atoms with Crippen molar-refractivity contribution in [3.63, 3.8) is 0 Å². The average Bonchev–Trinajstić information content (AvgIpc) is 2.49. The molecule has 1 amide bonds. The molecule has 104 valence electrons. The third-order valence-electron chi connectivity index (χ3n) is 3.08. The van der Waals surface area contributed by atoms with Crippen molar-refractivity contribution >= 4 is 34.0 Å². The fourth-order valence-corrected chi connectivity index (χ4v) is 2.05. The molecule has 3 rings (SSSR count). The molecule has 0 spiro atoms. The molecule has 0 aliphatic rings. The number of nitrogens with zero attached hydrogens (tertiary/aromatic N) is 2. The second-order valence-corrected chi connectivity index (χ2v) is 4.56. The van der Waals surface area contributed by atoms with Crippen LogP contribution in [0.3, 0.4) is 0 Å². The Labute approximate surface area is 120 Å². The number of carbonyl (C=O) groups is 1. The van der Waals surface area contributed by atoms with Crippen LogP contribution >= 0.6 is 0 Å². The minimum absolute atomic E-state index is 0.245. The van der Waals surface area contributed by atoms with Gasteiger partial charge in [-0.05, 0) is 30.3 Å². The highest BCUT2D eigenvalue weighted by molar-refractivity contribution is 5.98. The lowest BCUT2D eigenvalue weighted by Crippen LogP contribution is -2.14. The van der Waals surface area contributed by atoms with Crippen molar-refractivity contribution in [1.82, 2.24) is 9.97 Å². The van der Waals surface area contributed by atoms with E-state index in [1.807, 2.05) is 30.3 Å². The maximum atomic E-state index is 11.3. The molecule has 5 N–H and O–H groups in total. The predicted octanol–water partition coefficient (Wildman–Crippen LogP) is 2.05. The molecule has 0 aliphatic heterocycles. The summed E-state index contributed by atoms with van der Waals surface area (Å²) in [4.78, 5) is 19.7. The van der Waals surface area contributed by atoms with Crippen LogP contribution in [0.5, 0.6) is 0 Å². The zero-order chi connectivity index (χ0) is 14.8. The van der Waals surface area contributed by atoms with Gasteiger partial charge in [0.15, 0.2) is 0 Å². The third kappa shape index (κ3) is 2.59. The maximum Gasteiger partial charge on any atom is 0.250 e. The molecule has 1 aromatic carbocycles. The maximum absolute atomic E-state index is 11.3. The van der Waals surface area contributed by atoms with Gasteiger partial charge in [0, 0.05) is 17.3 Å². The van der Waals surface area contributed by atoms with Gasteiger partial charge in [0.1, 0.15) is 5.82 Å². The molecule has 0 saturated heterocycles. The Morgan fingerprint density at radius 3 is 2.81 bits per heavy atom. The van der Waals surface area contributed by atoms with Crippen molar-refractivity contribution < 1.29 is 4.79 Å². The van der Waals surface area contributed by atoms with Crippen molar-refractivity contribution in [2.45, 2.75) is 0 Å². The normalized spacial score (nSPS) is 10.5. The van der Waals surface area contributed by atoms with Crippen LogP contribution in [0.4, 0.5) is 17.2 Å². The number of nitrogen functional groups attached to an aromatic ring is 1. The molecule has 0 radical (unpaired) electrons. The molecule has 0 unspecified atom stereocenters. The molecule has 2 aromatic heterocycles. The Balaban J connectivity index is 1.94. The van der Waals surface area contributed by atoms with Gasteiger partial charge >= 0.3 is 0 Å². The fourth-order valence-electron chi connectivity index (χ4n) is 2.05. The van der Waals surface area contributed by atoms with Crippen molar-refractivity contribution in [3.8, 4) is 0 Å². The number of primary amides is 1. The fraction of sp³-hybridized carbons (Fsp3) is 0. The monoisotopic (exact) mass is 279 g/mol. The van der Waals surface area contributed by atoms with E-state index in [9.17, 15) is 4.79 Å². The predicted molar refractivity (Wildman–Crippen MR) is 82.2 cm³/mol. The molecular weight excluding hydrogens is 266 g/mol. The lowest BCUT2D eigenvalue weighted by Gasteiger charge is -2.08. The Bertz CT molecular complexity index is 831. The number of pyridine rings is 2. The van der Waals surface area contributed by atoms with Crippen molar-refractivity contribution in [3.05, 3.63) is 54.4 Å². The Morgan fingerprint density at radius 1 is 1.14 bits per heavy atom. The van der Waals surface area contributed by atoms with Crippen molar-refractivity contribution in [1.29, 1.82) is 0 Å². The second kappa shape index (κ2) is 5.09. The Hall–Kier alpha value is -3.15. The molecule has 0 atom stereocenters. The van der Waals surface area contributed by atoms with E-state index in [4.69, 9.17) is 11.5 Å². The summed E-state index contributed by atoms with van der Waals surface area (Å²) >= 11 is 0. The van der Waals surface area contributed by atoms with E-state index in [1.165, 1.54) is 12.3 Å². The van der Waals surface area contributed by atoms with E-state index in [0.29, 0.717) is 5.82 Å². The van der Waals surface area contributed by atoms with Crippen LogP contribution in [-0.4, -0.2) is 15.9 Å². The summed E-state index contributed by atoms with van der Waals surface area (Å²) in [5, 5.41) is 4.12. The van der Waals surface area contributed by atoms with E-state index >= 15 is 0 Å². The van der Waals surface area contributed by atoms with E-state index in [-0.39, 0.29) is 11.3 Å². The topological polar surface area (TPSA) is 107 Å². The summed E-state index contributed by atoms with van der Waals surface area (Å²) < 4.78 is 0. The minimum atomic E-state index is -0.583. The highest BCUT2D eigenvalue weighted by Crippen LogP contribution is 2.22. The zero-order valence-corrected chi connectivity index (χ0v) is 11.1. The highest BCUT2D eigenvalue weighted by Gasteiger charge is 2.08. The summed E-state index contributed by atoms with van der Waals surface area (Å²) in [5.74, 6) is -0.0816. The first-order chi connectivity index (χ1) is 10.1. The smallest absolute Gasteiger partial charge is 0.250 e. The number of amides is 1. The van der Waals surface area contributed by atoms with Crippen LogP contribution in [0.15, 0.2) is 48.8 Å². The number of aromatic nitrogens is 2. The number of rotatable bonds is 3. The summed E-state index contributed by atoms with van der Waals surface area (Å²) in [6.07, 6.45) is 3.15. The molecule has 0 fully saturated rings. The van der Waals surface area contributed by atoms with Crippen LogP contribution in [0.1, 0.15) is 10.4 Å². The van der Waals surface area contributed by atoms with Gasteiger partial charge < -0.3 is 16.8 Å². The van der Waals surface area contributed by atoms with Gasteiger partial charge in [-0.1, -0.05) is 6.07 Å². The Kier molecular flexibility index (Phi) is 3.12. The highest BCUT2D eigenvalue weighted by atomic mass is 16.1. The van der Waals surface area contributed by atoms with E-state index in [1.54, 1.807) is 6.20 Å². The average molecular weight is 279 g/mol. The van der Waals surface area contributed by atoms with Crippen LogP contribution in [0.25, 0.3) is 10.9 Å². The summed E-state index contributed by atoms with van der Waals surface area (Å²) in [5.41, 5.74) is 13.2. The number of hydrogen-bond donors (Lipinski definition) is 3. The first-order valence-electron chi connectivity index (χ1n) is 6.30. The number of hydrogen-bond acceptors (Lipinski definition) is 5. The van der Waals surface area contributed by atoms with Gasteiger partial charge in [0.05, 0.1) is 23.0 Å². The van der Waals surface area contributed by atoms with Gasteiger partial charge in [-0.15, -0.1) is 0 Å². The van der Waals surface area contributed by atoms with Gasteiger partial charge in [0.2, 0.25) is 0 Å². The number of nitrogens with two attached hydrogens (primary N) is 2. The van der Waals surface area contributed by atoms with Crippen molar-refractivity contribution in [2.24, 2.45) is 5.73 Å². The van der Waals surface area contributed by atoms with Crippen LogP contribution in [0, 0.1) is 0 Å². The van der Waals surface area contributed by atoms with E-state index in [2.05, 4.69) is 15.3 Å². The molecule has 21 heavy (non-hydrogen) atoms. The number of fused-ring (bicyclic) bond motifs is 1. The second-order valence-electron chi connectivity index (χ2n) is 4.56. The van der Waals surface area contributed by atoms with E-state index in [0.717, 1.165) is 16.6 Å². The van der Waals surface area contributed by atoms with Gasteiger partial charge in [0.25, 0.3) is 5.91 Å². The number of benzene rings is 1. The number of anilines is 3. The lowest BCUT2D eigenvalue weighted by molar-refractivity contribution is 0.100. The zero-order valence-electron chi connectivity index (χ0n) is 11.1. The SMILES string of the molecule is NC(=O)c1cc(Nc2ccc3ncccc3c2)ncc1N. The number of nitrogens with one attached hydrogen (secondary N) is 1. The molecule has 0 aliphatic carbocycles. The van der Waals surface area contributed by atoms with E-state index < -0.39 is 5.91 Å². The Morgan fingerprint density at radius 2 is 2.00 bits per heavy atom. The van der Waals surface area contributed by atoms with Gasteiger partial charge in [-0.3, -0.25) is 9.78 Å². The molecule has 0 bridgehead atoms. The van der Waals surface area contributed by atoms with Crippen LogP contribution in [0.2, 0.25) is 0 Å². The first kappa shape index (κ1) is 12.9. The molecule has 2 heterocycles. The van der Waals surface area contributed by atoms with Crippen LogP contribution in [-0.2, 0) is 0 Å². The van der Waals surface area contributed by atoms with Crippen LogP contribution < -0.4 is 16.8 Å². The largest absolute Gasteiger partial charge is 0.397 e. The third-order valence-corrected chi connectivity index (χ3v) is 3.08. The van der Waals surface area contributed by atoms with Crippen molar-refractivity contribution in [2.75, 3.05) is 11.1 Å². The molecule has 0 saturated carbocycles. The molecule has 6 heteroatoms. The summed E-state index contributed by atoms with van der Waals surface area (Å²) in [6.45, 7) is 0. The first-order valence-corrected chi connectivity index (χ1v) is 6.30. The summed E-state index contributed by atoms with van der Waals surface area (Å²) in [6, 6.07) is 11.1. The molecule has 6 nitrogen and oxygen atoms in total. The number of carbonyl (C=O) groups excluding carboxylic acids is 1. The minimum Gasteiger partial charge on any atom is -0.397 e. The summed E-state index contributed by atoms with van der Waals surface area (Å²) in [7, 11) is 0. The van der Waals surface area contributed by atoms with Gasteiger partial charge in [-0.25, -0.2) is 4.98 Å². The molecular formula is C15H13N5O. The quantitative estimate of drug-likeness (QED) is 0.680. The lowest BCUT2D eigenvalue weighted by atomic mass is 10.2.